The molecule has 0 amide bonds. The first-order chi connectivity index (χ1) is 11.2. The average Bonchev–Trinajstić information content (AvgIpc) is 3.00. The van der Waals surface area contributed by atoms with E-state index >= 15 is 0 Å². The lowest BCUT2D eigenvalue weighted by molar-refractivity contribution is 0.620. The molecule has 0 atom stereocenters. The van der Waals surface area contributed by atoms with Crippen molar-refractivity contribution in [2.75, 3.05) is 0 Å². The number of para-hydroxylation sites is 2. The first kappa shape index (κ1) is 13.8. The van der Waals surface area contributed by atoms with Crippen molar-refractivity contribution >= 4 is 11.1 Å². The summed E-state index contributed by atoms with van der Waals surface area (Å²) >= 11 is 0. The highest BCUT2D eigenvalue weighted by atomic mass is 16.3. The minimum Gasteiger partial charge on any atom is -0.436 e. The molecule has 1 heterocycles. The first-order valence-electron chi connectivity index (χ1n) is 7.74. The van der Waals surface area contributed by atoms with Gasteiger partial charge in [-0.3, -0.25) is 0 Å². The van der Waals surface area contributed by atoms with Crippen molar-refractivity contribution in [3.8, 4) is 22.6 Å². The molecule has 0 spiro atoms. The van der Waals surface area contributed by atoms with Gasteiger partial charge in [0.1, 0.15) is 5.52 Å². The Morgan fingerprint density at radius 2 is 1.48 bits per heavy atom. The molecule has 4 aromatic rings. The molecule has 0 radical (unpaired) electrons. The Kier molecular flexibility index (Phi) is 3.23. The third kappa shape index (κ3) is 2.53. The van der Waals surface area contributed by atoms with E-state index in [4.69, 9.17) is 4.42 Å². The Labute approximate surface area is 135 Å². The average molecular weight is 299 g/mol. The van der Waals surface area contributed by atoms with Crippen LogP contribution in [0.5, 0.6) is 0 Å². The van der Waals surface area contributed by atoms with E-state index in [0.29, 0.717) is 5.89 Å². The molecule has 0 bridgehead atoms. The predicted octanol–water partition coefficient (Wildman–Crippen LogP) is 5.78. The van der Waals surface area contributed by atoms with Gasteiger partial charge in [-0.1, -0.05) is 59.7 Å². The summed E-state index contributed by atoms with van der Waals surface area (Å²) in [6.45, 7) is 4.19. The molecule has 1 aromatic heterocycles. The molecule has 0 unspecified atom stereocenters. The lowest BCUT2D eigenvalue weighted by Crippen LogP contribution is -1.87. The summed E-state index contributed by atoms with van der Waals surface area (Å²) in [5.74, 6) is 0.672. The van der Waals surface area contributed by atoms with Gasteiger partial charge in [-0.2, -0.15) is 0 Å². The number of hydrogen-bond donors (Lipinski definition) is 0. The van der Waals surface area contributed by atoms with Crippen molar-refractivity contribution < 1.29 is 4.42 Å². The normalized spacial score (nSPS) is 11.0. The van der Waals surface area contributed by atoms with Crippen LogP contribution in [0.3, 0.4) is 0 Å². The smallest absolute Gasteiger partial charge is 0.227 e. The molecular formula is C21H17NO. The highest BCUT2D eigenvalue weighted by Crippen LogP contribution is 2.34. The zero-order chi connectivity index (χ0) is 15.8. The molecule has 3 aromatic carbocycles. The van der Waals surface area contributed by atoms with Crippen LogP contribution in [0.1, 0.15) is 11.1 Å². The van der Waals surface area contributed by atoms with Gasteiger partial charge in [-0.05, 0) is 43.2 Å². The second-order valence-electron chi connectivity index (χ2n) is 5.90. The lowest BCUT2D eigenvalue weighted by atomic mass is 9.97. The van der Waals surface area contributed by atoms with Gasteiger partial charge in [-0.25, -0.2) is 4.98 Å². The van der Waals surface area contributed by atoms with Gasteiger partial charge in [0, 0.05) is 5.56 Å². The van der Waals surface area contributed by atoms with E-state index in [1.807, 2.05) is 24.3 Å². The van der Waals surface area contributed by atoms with E-state index in [0.717, 1.165) is 22.2 Å². The summed E-state index contributed by atoms with van der Waals surface area (Å²) in [5.41, 5.74) is 7.50. The summed E-state index contributed by atoms with van der Waals surface area (Å²) in [4.78, 5) is 4.66. The van der Waals surface area contributed by atoms with Gasteiger partial charge in [0.2, 0.25) is 5.89 Å². The van der Waals surface area contributed by atoms with Gasteiger partial charge in [0.15, 0.2) is 5.58 Å². The summed E-state index contributed by atoms with van der Waals surface area (Å²) < 4.78 is 5.98. The number of nitrogens with zero attached hydrogens (tertiary/aromatic N) is 1. The molecule has 112 valence electrons. The van der Waals surface area contributed by atoms with Crippen molar-refractivity contribution in [3.05, 3.63) is 77.9 Å². The Morgan fingerprint density at radius 3 is 2.26 bits per heavy atom. The summed E-state index contributed by atoms with van der Waals surface area (Å²) in [6, 6.07) is 22.8. The van der Waals surface area contributed by atoms with Gasteiger partial charge in [0.25, 0.3) is 0 Å². The van der Waals surface area contributed by atoms with Crippen LogP contribution < -0.4 is 0 Å². The van der Waals surface area contributed by atoms with Crippen LogP contribution in [0.15, 0.2) is 71.1 Å². The minimum atomic E-state index is 0.672. The molecule has 0 aliphatic heterocycles. The standard InChI is InChI=1S/C21H17NO/c1-14-7-10-16(11-8-14)17-12-9-15(2)13-18(17)21-22-19-5-3-4-6-20(19)23-21/h3-13H,1-2H3. The SMILES string of the molecule is Cc1ccc(-c2ccc(C)cc2-c2nc3ccccc3o2)cc1. The second kappa shape index (κ2) is 5.40. The zero-order valence-electron chi connectivity index (χ0n) is 13.2. The molecule has 2 nitrogen and oxygen atoms in total. The van der Waals surface area contributed by atoms with E-state index < -0.39 is 0 Å². The highest BCUT2D eigenvalue weighted by Gasteiger charge is 2.13. The molecular weight excluding hydrogens is 282 g/mol. The highest BCUT2D eigenvalue weighted by molar-refractivity contribution is 5.84. The largest absolute Gasteiger partial charge is 0.436 e. The third-order valence-electron chi connectivity index (χ3n) is 4.06. The maximum Gasteiger partial charge on any atom is 0.227 e. The Morgan fingerprint density at radius 1 is 0.739 bits per heavy atom. The van der Waals surface area contributed by atoms with E-state index in [1.165, 1.54) is 16.7 Å². The molecule has 2 heteroatoms. The maximum atomic E-state index is 5.98. The Balaban J connectivity index is 1.93. The number of benzene rings is 3. The number of oxazole rings is 1. The summed E-state index contributed by atoms with van der Waals surface area (Å²) in [7, 11) is 0. The van der Waals surface area contributed by atoms with Crippen LogP contribution in [0.25, 0.3) is 33.7 Å². The number of aromatic nitrogens is 1. The van der Waals surface area contributed by atoms with E-state index in [1.54, 1.807) is 0 Å². The summed E-state index contributed by atoms with van der Waals surface area (Å²) in [5, 5.41) is 0. The number of fused-ring (bicyclic) bond motifs is 1. The fourth-order valence-electron chi connectivity index (χ4n) is 2.81. The molecule has 0 saturated carbocycles. The topological polar surface area (TPSA) is 26.0 Å². The quantitative estimate of drug-likeness (QED) is 0.469. The van der Waals surface area contributed by atoms with Gasteiger partial charge < -0.3 is 4.42 Å². The number of hydrogen-bond acceptors (Lipinski definition) is 2. The molecule has 0 aliphatic rings. The van der Waals surface area contributed by atoms with Crippen LogP contribution in [-0.4, -0.2) is 4.98 Å². The molecule has 0 saturated heterocycles. The number of rotatable bonds is 2. The van der Waals surface area contributed by atoms with Crippen LogP contribution in [0, 0.1) is 13.8 Å². The van der Waals surface area contributed by atoms with Gasteiger partial charge in [0.05, 0.1) is 0 Å². The van der Waals surface area contributed by atoms with Crippen molar-refractivity contribution in [1.82, 2.24) is 4.98 Å². The van der Waals surface area contributed by atoms with Gasteiger partial charge in [-0.15, -0.1) is 0 Å². The van der Waals surface area contributed by atoms with Crippen LogP contribution in [0.2, 0.25) is 0 Å². The molecule has 0 aliphatic carbocycles. The van der Waals surface area contributed by atoms with E-state index in [9.17, 15) is 0 Å². The lowest BCUT2D eigenvalue weighted by Gasteiger charge is -2.08. The van der Waals surface area contributed by atoms with Crippen molar-refractivity contribution in [1.29, 1.82) is 0 Å². The predicted molar refractivity (Wildman–Crippen MR) is 94.4 cm³/mol. The van der Waals surface area contributed by atoms with Crippen LogP contribution in [0.4, 0.5) is 0 Å². The third-order valence-corrected chi connectivity index (χ3v) is 4.06. The van der Waals surface area contributed by atoms with E-state index in [-0.39, 0.29) is 0 Å². The monoisotopic (exact) mass is 299 g/mol. The molecule has 0 N–H and O–H groups in total. The van der Waals surface area contributed by atoms with Crippen molar-refractivity contribution in [3.63, 3.8) is 0 Å². The summed E-state index contributed by atoms with van der Waals surface area (Å²) in [6.07, 6.45) is 0. The first-order valence-corrected chi connectivity index (χ1v) is 7.74. The van der Waals surface area contributed by atoms with Crippen LogP contribution >= 0.6 is 0 Å². The molecule has 23 heavy (non-hydrogen) atoms. The maximum absolute atomic E-state index is 5.98. The zero-order valence-corrected chi connectivity index (χ0v) is 13.2. The fourth-order valence-corrected chi connectivity index (χ4v) is 2.81. The van der Waals surface area contributed by atoms with Crippen molar-refractivity contribution in [2.24, 2.45) is 0 Å². The molecule has 4 rings (SSSR count). The second-order valence-corrected chi connectivity index (χ2v) is 5.90. The van der Waals surface area contributed by atoms with Crippen LogP contribution in [-0.2, 0) is 0 Å². The Hall–Kier alpha value is -2.87. The Bertz CT molecular complexity index is 947. The fraction of sp³-hybridized carbons (Fsp3) is 0.0952. The number of aryl methyl sites for hydroxylation is 2. The van der Waals surface area contributed by atoms with Crippen molar-refractivity contribution in [2.45, 2.75) is 13.8 Å². The van der Waals surface area contributed by atoms with Gasteiger partial charge >= 0.3 is 0 Å². The minimum absolute atomic E-state index is 0.672. The molecule has 0 fully saturated rings. The van der Waals surface area contributed by atoms with E-state index in [2.05, 4.69) is 61.3 Å².